The van der Waals surface area contributed by atoms with Crippen molar-refractivity contribution >= 4 is 5.69 Å². The Morgan fingerprint density at radius 2 is 2.10 bits per heavy atom. The summed E-state index contributed by atoms with van der Waals surface area (Å²) in [6.45, 7) is 3.46. The van der Waals surface area contributed by atoms with Gasteiger partial charge >= 0.3 is 5.69 Å². The van der Waals surface area contributed by atoms with Crippen molar-refractivity contribution in [3.05, 3.63) is 57.8 Å². The number of aryl methyl sites for hydroxylation is 1. The Labute approximate surface area is 116 Å². The van der Waals surface area contributed by atoms with Gasteiger partial charge in [-0.15, -0.1) is 0 Å². The molecule has 1 aromatic heterocycles. The van der Waals surface area contributed by atoms with E-state index in [4.69, 9.17) is 10.5 Å². The minimum atomic E-state index is -0.459. The molecule has 0 aliphatic carbocycles. The minimum absolute atomic E-state index is 0.0613. The first-order valence-electron chi connectivity index (χ1n) is 6.13. The van der Waals surface area contributed by atoms with Gasteiger partial charge in [0.2, 0.25) is 11.6 Å². The molecule has 1 atom stereocenters. The number of ether oxygens (including phenoxy) is 1. The van der Waals surface area contributed by atoms with E-state index in [1.54, 1.807) is 50.4 Å². The van der Waals surface area contributed by atoms with E-state index in [-0.39, 0.29) is 23.4 Å². The summed E-state index contributed by atoms with van der Waals surface area (Å²) < 4.78 is 5.61. The molecule has 0 saturated heterocycles. The third kappa shape index (κ3) is 2.75. The van der Waals surface area contributed by atoms with Gasteiger partial charge in [0.25, 0.3) is 0 Å². The van der Waals surface area contributed by atoms with Crippen LogP contribution in [0.5, 0.6) is 11.6 Å². The molecule has 0 aliphatic heterocycles. The summed E-state index contributed by atoms with van der Waals surface area (Å²) in [6, 6.07) is 8.17. The molecule has 2 rings (SSSR count). The Bertz CT molecular complexity index is 641. The quantitative estimate of drug-likeness (QED) is 0.682. The molecule has 2 aromatic rings. The fourth-order valence-electron chi connectivity index (χ4n) is 1.89. The van der Waals surface area contributed by atoms with Crippen molar-refractivity contribution in [3.63, 3.8) is 0 Å². The van der Waals surface area contributed by atoms with Crippen LogP contribution in [0.3, 0.4) is 0 Å². The lowest BCUT2D eigenvalue weighted by molar-refractivity contribution is -0.386. The van der Waals surface area contributed by atoms with Gasteiger partial charge in [0.15, 0.2) is 0 Å². The van der Waals surface area contributed by atoms with Gasteiger partial charge in [0, 0.05) is 23.4 Å². The Balaban J connectivity index is 2.46. The molecule has 0 aliphatic rings. The van der Waals surface area contributed by atoms with Crippen LogP contribution < -0.4 is 10.5 Å². The Hall–Kier alpha value is -2.47. The van der Waals surface area contributed by atoms with Crippen LogP contribution in [0.2, 0.25) is 0 Å². The lowest BCUT2D eigenvalue weighted by Gasteiger charge is -2.12. The summed E-state index contributed by atoms with van der Waals surface area (Å²) in [5.41, 5.74) is 7.01. The number of pyridine rings is 1. The van der Waals surface area contributed by atoms with Crippen LogP contribution in [0, 0.1) is 17.0 Å². The SMILES string of the molecule is Cc1cccc(Oc2ncccc2C(C)N)c1[N+](=O)[O-]. The number of benzene rings is 1. The van der Waals surface area contributed by atoms with Crippen molar-refractivity contribution in [1.29, 1.82) is 0 Å². The van der Waals surface area contributed by atoms with Gasteiger partial charge in [-0.05, 0) is 26.0 Å². The zero-order valence-corrected chi connectivity index (χ0v) is 11.2. The predicted molar refractivity (Wildman–Crippen MR) is 74.7 cm³/mol. The number of nitro benzene ring substituents is 1. The summed E-state index contributed by atoms with van der Waals surface area (Å²) in [5, 5.41) is 11.1. The average molecular weight is 273 g/mol. The summed E-state index contributed by atoms with van der Waals surface area (Å²) in [7, 11) is 0. The first kappa shape index (κ1) is 14.0. The zero-order valence-electron chi connectivity index (χ0n) is 11.2. The van der Waals surface area contributed by atoms with E-state index in [2.05, 4.69) is 4.98 Å². The molecule has 0 bridgehead atoms. The van der Waals surface area contributed by atoms with Gasteiger partial charge in [-0.25, -0.2) is 4.98 Å². The molecular formula is C14H15N3O3. The maximum atomic E-state index is 11.1. The van der Waals surface area contributed by atoms with Gasteiger partial charge in [-0.2, -0.15) is 0 Å². The number of hydrogen-bond donors (Lipinski definition) is 1. The second-order valence-corrected chi connectivity index (χ2v) is 4.47. The predicted octanol–water partition coefficient (Wildman–Crippen LogP) is 3.11. The Morgan fingerprint density at radius 1 is 1.35 bits per heavy atom. The van der Waals surface area contributed by atoms with E-state index in [9.17, 15) is 10.1 Å². The fourth-order valence-corrected chi connectivity index (χ4v) is 1.89. The minimum Gasteiger partial charge on any atom is -0.431 e. The first-order chi connectivity index (χ1) is 9.50. The van der Waals surface area contributed by atoms with Crippen molar-refractivity contribution in [3.8, 4) is 11.6 Å². The second kappa shape index (κ2) is 5.66. The highest BCUT2D eigenvalue weighted by molar-refractivity contribution is 5.53. The van der Waals surface area contributed by atoms with Crippen molar-refractivity contribution in [2.75, 3.05) is 0 Å². The number of rotatable bonds is 4. The normalized spacial score (nSPS) is 11.9. The zero-order chi connectivity index (χ0) is 14.7. The maximum Gasteiger partial charge on any atom is 0.314 e. The van der Waals surface area contributed by atoms with Gasteiger partial charge in [0.1, 0.15) is 0 Å². The van der Waals surface area contributed by atoms with Crippen molar-refractivity contribution in [1.82, 2.24) is 4.98 Å². The molecule has 1 heterocycles. The molecule has 1 aromatic carbocycles. The molecule has 6 heteroatoms. The lowest BCUT2D eigenvalue weighted by atomic mass is 10.1. The third-order valence-electron chi connectivity index (χ3n) is 2.88. The topological polar surface area (TPSA) is 91.3 Å². The number of nitrogens with zero attached hydrogens (tertiary/aromatic N) is 2. The van der Waals surface area contributed by atoms with E-state index in [0.717, 1.165) is 0 Å². The van der Waals surface area contributed by atoms with Crippen LogP contribution in [0.1, 0.15) is 24.1 Å². The average Bonchev–Trinajstić information content (AvgIpc) is 2.38. The Kier molecular flexibility index (Phi) is 3.95. The molecule has 0 saturated carbocycles. The summed E-state index contributed by atoms with van der Waals surface area (Å²) in [6.07, 6.45) is 1.56. The largest absolute Gasteiger partial charge is 0.431 e. The number of nitro groups is 1. The number of hydrogen-bond acceptors (Lipinski definition) is 5. The summed E-state index contributed by atoms with van der Waals surface area (Å²) >= 11 is 0. The van der Waals surface area contributed by atoms with Gasteiger partial charge in [0.05, 0.1) is 4.92 Å². The van der Waals surface area contributed by atoms with Crippen LogP contribution in [0.15, 0.2) is 36.5 Å². The van der Waals surface area contributed by atoms with E-state index in [0.29, 0.717) is 11.1 Å². The number of aromatic nitrogens is 1. The van der Waals surface area contributed by atoms with Crippen molar-refractivity contribution < 1.29 is 9.66 Å². The molecule has 1 unspecified atom stereocenters. The smallest absolute Gasteiger partial charge is 0.314 e. The Morgan fingerprint density at radius 3 is 2.75 bits per heavy atom. The first-order valence-corrected chi connectivity index (χ1v) is 6.13. The van der Waals surface area contributed by atoms with Gasteiger partial charge < -0.3 is 10.5 Å². The van der Waals surface area contributed by atoms with Crippen molar-refractivity contribution in [2.45, 2.75) is 19.9 Å². The van der Waals surface area contributed by atoms with E-state index >= 15 is 0 Å². The number of nitrogens with two attached hydrogens (primary N) is 1. The molecule has 0 radical (unpaired) electrons. The lowest BCUT2D eigenvalue weighted by Crippen LogP contribution is -2.08. The molecule has 0 fully saturated rings. The van der Waals surface area contributed by atoms with Crippen molar-refractivity contribution in [2.24, 2.45) is 5.73 Å². The monoisotopic (exact) mass is 273 g/mol. The highest BCUT2D eigenvalue weighted by Gasteiger charge is 2.20. The van der Waals surface area contributed by atoms with E-state index < -0.39 is 4.92 Å². The van der Waals surface area contributed by atoms with Crippen LogP contribution in [-0.2, 0) is 0 Å². The molecule has 0 spiro atoms. The van der Waals surface area contributed by atoms with Crippen LogP contribution in [0.25, 0.3) is 0 Å². The molecule has 104 valence electrons. The molecule has 6 nitrogen and oxygen atoms in total. The molecular weight excluding hydrogens is 258 g/mol. The molecule has 20 heavy (non-hydrogen) atoms. The van der Waals surface area contributed by atoms with E-state index in [1.165, 1.54) is 0 Å². The highest BCUT2D eigenvalue weighted by Crippen LogP contribution is 2.35. The number of para-hydroxylation sites is 1. The van der Waals surface area contributed by atoms with E-state index in [1.807, 2.05) is 0 Å². The standard InChI is InChI=1S/C14H15N3O3/c1-9-5-3-7-12(13(9)17(18)19)20-14-11(10(2)15)6-4-8-16-14/h3-8,10H,15H2,1-2H3. The van der Waals surface area contributed by atoms with Crippen LogP contribution in [-0.4, -0.2) is 9.91 Å². The maximum absolute atomic E-state index is 11.1. The summed E-state index contributed by atoms with van der Waals surface area (Å²) in [4.78, 5) is 14.8. The second-order valence-electron chi connectivity index (χ2n) is 4.47. The van der Waals surface area contributed by atoms with Crippen LogP contribution >= 0.6 is 0 Å². The van der Waals surface area contributed by atoms with Gasteiger partial charge in [-0.3, -0.25) is 10.1 Å². The molecule has 2 N–H and O–H groups in total. The molecule has 0 amide bonds. The third-order valence-corrected chi connectivity index (χ3v) is 2.88. The summed E-state index contributed by atoms with van der Waals surface area (Å²) in [5.74, 6) is 0.451. The fraction of sp³-hybridized carbons (Fsp3) is 0.214. The van der Waals surface area contributed by atoms with Crippen LogP contribution in [0.4, 0.5) is 5.69 Å². The highest BCUT2D eigenvalue weighted by atomic mass is 16.6. The van der Waals surface area contributed by atoms with Gasteiger partial charge in [-0.1, -0.05) is 18.2 Å².